The predicted molar refractivity (Wildman–Crippen MR) is 290 cm³/mol. The van der Waals surface area contributed by atoms with Crippen LogP contribution in [0.15, 0.2) is 0 Å². The Labute approximate surface area is 405 Å². The molecule has 0 spiro atoms. The second-order valence-corrected chi connectivity index (χ2v) is 21.4. The monoisotopic (exact) mass is 893 g/mol. The van der Waals surface area contributed by atoms with Crippen molar-refractivity contribution >= 4 is 0 Å². The summed E-state index contributed by atoms with van der Waals surface area (Å²) < 4.78 is 0. The Bertz CT molecular complexity index is 973. The maximum Gasteiger partial charge on any atom is 0.125 e. The minimum atomic E-state index is 1.02. The van der Waals surface area contributed by atoms with Crippen molar-refractivity contribution in [3.8, 4) is 0 Å². The summed E-state index contributed by atoms with van der Waals surface area (Å²) in [6.07, 6.45) is 76.8. The lowest BCUT2D eigenvalue weighted by Gasteiger charge is -2.15. The first kappa shape index (κ1) is 61.1. The molecule has 1 heterocycles. The highest BCUT2D eigenvalue weighted by atomic mass is 14.9. The van der Waals surface area contributed by atoms with Crippen molar-refractivity contribution in [2.45, 2.75) is 374 Å². The number of aromatic nitrogens is 2. The van der Waals surface area contributed by atoms with Crippen LogP contribution in [0.3, 0.4) is 0 Å². The summed E-state index contributed by atoms with van der Waals surface area (Å²) in [6.45, 7) is 9.11. The van der Waals surface area contributed by atoms with Gasteiger partial charge in [0.1, 0.15) is 5.82 Å². The first-order valence-corrected chi connectivity index (χ1v) is 30.6. The van der Waals surface area contributed by atoms with Gasteiger partial charge in [0.2, 0.25) is 0 Å². The SMILES string of the molecule is CCCCCCCCCCCCCCCCCCCc1nc(C)nc(CCCCCCCCCCCCCCCCCCC)c1CCCCCCCCCCCCCCCCCCC. The largest absolute Gasteiger partial charge is 0.238 e. The molecular weight excluding hydrogens is 773 g/mol. The van der Waals surface area contributed by atoms with E-state index in [1.54, 1.807) is 5.56 Å². The fourth-order valence-electron chi connectivity index (χ4n) is 10.5. The van der Waals surface area contributed by atoms with E-state index in [4.69, 9.17) is 9.97 Å². The van der Waals surface area contributed by atoms with Gasteiger partial charge in [-0.2, -0.15) is 0 Å². The third-order valence-electron chi connectivity index (χ3n) is 14.9. The van der Waals surface area contributed by atoms with Crippen LogP contribution >= 0.6 is 0 Å². The molecule has 64 heavy (non-hydrogen) atoms. The van der Waals surface area contributed by atoms with Gasteiger partial charge in [-0.25, -0.2) is 9.97 Å². The molecule has 1 aromatic heterocycles. The fraction of sp³-hybridized carbons (Fsp3) is 0.935. The van der Waals surface area contributed by atoms with Gasteiger partial charge in [-0.05, 0) is 51.0 Å². The zero-order chi connectivity index (χ0) is 45.9. The Hall–Kier alpha value is -0.920. The van der Waals surface area contributed by atoms with E-state index in [1.165, 1.54) is 358 Å². The molecule has 0 fully saturated rings. The van der Waals surface area contributed by atoms with Gasteiger partial charge in [-0.15, -0.1) is 0 Å². The molecule has 0 N–H and O–H groups in total. The fourth-order valence-corrected chi connectivity index (χ4v) is 10.5. The zero-order valence-corrected chi connectivity index (χ0v) is 45.1. The molecule has 0 aliphatic rings. The average molecular weight is 894 g/mol. The standard InChI is InChI=1S/C62H120N2/c1-5-8-11-14-17-20-23-26-29-32-35-38-41-44-47-50-53-56-60-61(57-54-51-48-45-42-39-36-33-30-27-24-21-18-15-12-9-6-2)63-59(4)64-62(60)58-55-52-49-46-43-40-37-34-31-28-25-22-19-16-13-10-7-3/h5-58H2,1-4H3. The molecule has 0 aliphatic carbocycles. The molecule has 2 heteroatoms. The third-order valence-corrected chi connectivity index (χ3v) is 14.9. The lowest BCUT2D eigenvalue weighted by molar-refractivity contribution is 0.524. The van der Waals surface area contributed by atoms with Gasteiger partial charge in [-0.3, -0.25) is 0 Å². The van der Waals surface area contributed by atoms with Crippen LogP contribution in [0.25, 0.3) is 0 Å². The van der Waals surface area contributed by atoms with E-state index in [1.807, 2.05) is 0 Å². The number of aryl methyl sites for hydroxylation is 3. The molecule has 0 unspecified atom stereocenters. The van der Waals surface area contributed by atoms with Crippen LogP contribution in [0.2, 0.25) is 0 Å². The molecule has 2 nitrogen and oxygen atoms in total. The first-order valence-electron chi connectivity index (χ1n) is 30.6. The minimum absolute atomic E-state index is 1.02. The lowest BCUT2D eigenvalue weighted by Crippen LogP contribution is -2.09. The highest BCUT2D eigenvalue weighted by molar-refractivity contribution is 5.27. The highest BCUT2D eigenvalue weighted by Gasteiger charge is 2.13. The van der Waals surface area contributed by atoms with Crippen molar-refractivity contribution in [3.05, 3.63) is 22.8 Å². The van der Waals surface area contributed by atoms with Crippen molar-refractivity contribution < 1.29 is 0 Å². The van der Waals surface area contributed by atoms with E-state index >= 15 is 0 Å². The summed E-state index contributed by atoms with van der Waals surface area (Å²) in [4.78, 5) is 10.3. The van der Waals surface area contributed by atoms with E-state index in [2.05, 4.69) is 27.7 Å². The molecule has 378 valence electrons. The normalized spacial score (nSPS) is 11.7. The molecule has 1 rings (SSSR count). The molecule has 0 saturated carbocycles. The first-order chi connectivity index (χ1) is 31.7. The van der Waals surface area contributed by atoms with Gasteiger partial charge in [0.05, 0.1) is 0 Å². The highest BCUT2D eigenvalue weighted by Crippen LogP contribution is 2.23. The van der Waals surface area contributed by atoms with Gasteiger partial charge in [-0.1, -0.05) is 329 Å². The van der Waals surface area contributed by atoms with Crippen LogP contribution in [-0.4, -0.2) is 9.97 Å². The topological polar surface area (TPSA) is 25.8 Å². The summed E-state index contributed by atoms with van der Waals surface area (Å²) in [6, 6.07) is 0. The smallest absolute Gasteiger partial charge is 0.125 e. The quantitative estimate of drug-likeness (QED) is 0.0609. The summed E-state index contributed by atoms with van der Waals surface area (Å²) in [5.41, 5.74) is 4.42. The van der Waals surface area contributed by atoms with E-state index in [0.717, 1.165) is 5.82 Å². The van der Waals surface area contributed by atoms with Gasteiger partial charge < -0.3 is 0 Å². The summed E-state index contributed by atoms with van der Waals surface area (Å²) in [5, 5.41) is 0. The van der Waals surface area contributed by atoms with Crippen molar-refractivity contribution in [2.24, 2.45) is 0 Å². The van der Waals surface area contributed by atoms with Gasteiger partial charge >= 0.3 is 0 Å². The van der Waals surface area contributed by atoms with Crippen molar-refractivity contribution in [1.29, 1.82) is 0 Å². The Morgan fingerprint density at radius 1 is 0.203 bits per heavy atom. The third kappa shape index (κ3) is 42.4. The Morgan fingerprint density at radius 3 is 0.547 bits per heavy atom. The van der Waals surface area contributed by atoms with Crippen LogP contribution in [0.1, 0.15) is 371 Å². The molecular formula is C62H120N2. The van der Waals surface area contributed by atoms with Crippen LogP contribution < -0.4 is 0 Å². The maximum absolute atomic E-state index is 5.16. The minimum Gasteiger partial charge on any atom is -0.238 e. The van der Waals surface area contributed by atoms with Crippen LogP contribution in [-0.2, 0) is 19.3 Å². The van der Waals surface area contributed by atoms with E-state index in [9.17, 15) is 0 Å². The van der Waals surface area contributed by atoms with Crippen LogP contribution in [0.5, 0.6) is 0 Å². The summed E-state index contributed by atoms with van der Waals surface area (Å²) >= 11 is 0. The Kier molecular flexibility index (Phi) is 49.1. The molecule has 1 aromatic rings. The molecule has 0 atom stereocenters. The number of hydrogen-bond acceptors (Lipinski definition) is 2. The van der Waals surface area contributed by atoms with Gasteiger partial charge in [0.25, 0.3) is 0 Å². The van der Waals surface area contributed by atoms with Crippen molar-refractivity contribution in [1.82, 2.24) is 9.97 Å². The van der Waals surface area contributed by atoms with Crippen molar-refractivity contribution in [3.63, 3.8) is 0 Å². The number of hydrogen-bond donors (Lipinski definition) is 0. The number of rotatable bonds is 54. The molecule has 0 aromatic carbocycles. The summed E-state index contributed by atoms with van der Waals surface area (Å²) in [7, 11) is 0. The molecule has 0 radical (unpaired) electrons. The lowest BCUT2D eigenvalue weighted by atomic mass is 9.96. The van der Waals surface area contributed by atoms with E-state index < -0.39 is 0 Å². The zero-order valence-electron chi connectivity index (χ0n) is 45.1. The second-order valence-electron chi connectivity index (χ2n) is 21.4. The van der Waals surface area contributed by atoms with E-state index in [-0.39, 0.29) is 0 Å². The Balaban J connectivity index is 2.35. The molecule has 0 saturated heterocycles. The molecule has 0 aliphatic heterocycles. The maximum atomic E-state index is 5.16. The van der Waals surface area contributed by atoms with Gasteiger partial charge in [0, 0.05) is 11.4 Å². The van der Waals surface area contributed by atoms with E-state index in [0.29, 0.717) is 0 Å². The summed E-state index contributed by atoms with van der Waals surface area (Å²) in [5.74, 6) is 1.02. The molecule has 0 bridgehead atoms. The average Bonchev–Trinajstić information content (AvgIpc) is 3.30. The van der Waals surface area contributed by atoms with Gasteiger partial charge in [0.15, 0.2) is 0 Å². The second kappa shape index (κ2) is 51.5. The predicted octanol–water partition coefficient (Wildman–Crippen LogP) is 22.4. The van der Waals surface area contributed by atoms with Crippen molar-refractivity contribution in [2.75, 3.05) is 0 Å². The Morgan fingerprint density at radius 2 is 0.359 bits per heavy atom. The molecule has 0 amide bonds. The van der Waals surface area contributed by atoms with Crippen LogP contribution in [0, 0.1) is 6.92 Å². The van der Waals surface area contributed by atoms with Crippen LogP contribution in [0.4, 0.5) is 0 Å². The number of unbranched alkanes of at least 4 members (excludes halogenated alkanes) is 48. The number of nitrogens with zero attached hydrogens (tertiary/aromatic N) is 2.